The molecule has 0 saturated carbocycles. The van der Waals surface area contributed by atoms with Gasteiger partial charge in [0.2, 0.25) is 0 Å². The molecule has 0 fully saturated rings. The summed E-state index contributed by atoms with van der Waals surface area (Å²) in [6.07, 6.45) is -1.71. The van der Waals surface area contributed by atoms with E-state index in [1.807, 2.05) is 0 Å². The molecule has 0 atom stereocenters. The summed E-state index contributed by atoms with van der Waals surface area (Å²) in [7, 11) is 0. The highest BCUT2D eigenvalue weighted by Crippen LogP contribution is 2.29. The van der Waals surface area contributed by atoms with E-state index in [-0.39, 0.29) is 5.57 Å². The van der Waals surface area contributed by atoms with Gasteiger partial charge in [-0.3, -0.25) is 0 Å². The summed E-state index contributed by atoms with van der Waals surface area (Å²) < 4.78 is 26.1. The van der Waals surface area contributed by atoms with Crippen LogP contribution >= 0.6 is 11.6 Å². The lowest BCUT2D eigenvalue weighted by atomic mass is 9.99. The summed E-state index contributed by atoms with van der Waals surface area (Å²) in [5.41, 5.74) is 0.826. The maximum Gasteiger partial charge on any atom is 0.278 e. The molecule has 0 N–H and O–H groups in total. The summed E-state index contributed by atoms with van der Waals surface area (Å²) in [5, 5.41) is 0.442. The van der Waals surface area contributed by atoms with Gasteiger partial charge in [0, 0.05) is 5.02 Å². The highest BCUT2D eigenvalue weighted by atomic mass is 35.5. The van der Waals surface area contributed by atoms with Crippen LogP contribution < -0.4 is 0 Å². The summed E-state index contributed by atoms with van der Waals surface area (Å²) in [4.78, 5) is 0. The van der Waals surface area contributed by atoms with Crippen molar-refractivity contribution < 1.29 is 8.78 Å². The molecule has 0 unspecified atom stereocenters. The molecule has 0 heterocycles. The minimum Gasteiger partial charge on any atom is -0.173 e. The van der Waals surface area contributed by atoms with E-state index < -0.39 is 6.08 Å². The zero-order valence-electron chi connectivity index (χ0n) is 8.83. The second kappa shape index (κ2) is 5.11. The average Bonchev–Trinajstić information content (AvgIpc) is 2.30. The van der Waals surface area contributed by atoms with Gasteiger partial charge >= 0.3 is 0 Å². The van der Waals surface area contributed by atoms with Crippen LogP contribution in [-0.2, 0) is 0 Å². The standard InChI is InChI=1S/C14H9ClF2/c15-12-8-4-7-11(9-12)13(14(16)17)10-5-2-1-3-6-10/h1-9H. The molecule has 0 aliphatic rings. The molecule has 0 bridgehead atoms. The third-order valence-electron chi connectivity index (χ3n) is 2.36. The lowest BCUT2D eigenvalue weighted by Gasteiger charge is -2.07. The molecular formula is C14H9ClF2. The van der Waals surface area contributed by atoms with Crippen LogP contribution in [0.2, 0.25) is 5.02 Å². The highest BCUT2D eigenvalue weighted by molar-refractivity contribution is 6.30. The zero-order chi connectivity index (χ0) is 12.3. The first-order valence-electron chi connectivity index (χ1n) is 5.05. The first-order valence-corrected chi connectivity index (χ1v) is 5.43. The van der Waals surface area contributed by atoms with Crippen LogP contribution in [0.25, 0.3) is 5.57 Å². The molecule has 0 spiro atoms. The van der Waals surface area contributed by atoms with Crippen LogP contribution in [0.4, 0.5) is 8.78 Å². The monoisotopic (exact) mass is 250 g/mol. The van der Waals surface area contributed by atoms with E-state index in [2.05, 4.69) is 0 Å². The molecule has 0 aromatic heterocycles. The number of rotatable bonds is 2. The smallest absolute Gasteiger partial charge is 0.173 e. The number of hydrogen-bond acceptors (Lipinski definition) is 0. The van der Waals surface area contributed by atoms with Gasteiger partial charge in [-0.25, -0.2) is 0 Å². The molecule has 0 aliphatic carbocycles. The number of halogens is 3. The molecule has 17 heavy (non-hydrogen) atoms. The molecule has 0 amide bonds. The quantitative estimate of drug-likeness (QED) is 0.704. The first-order chi connectivity index (χ1) is 8.18. The molecule has 86 valence electrons. The molecule has 2 rings (SSSR count). The van der Waals surface area contributed by atoms with Gasteiger partial charge in [-0.05, 0) is 23.3 Å². The van der Waals surface area contributed by atoms with Crippen LogP contribution in [0.3, 0.4) is 0 Å². The second-order valence-corrected chi connectivity index (χ2v) is 3.95. The largest absolute Gasteiger partial charge is 0.278 e. The fourth-order valence-corrected chi connectivity index (χ4v) is 1.82. The molecule has 2 aromatic rings. The lowest BCUT2D eigenvalue weighted by molar-refractivity contribution is 0.426. The van der Waals surface area contributed by atoms with Gasteiger partial charge in [-0.2, -0.15) is 8.78 Å². The summed E-state index contributed by atoms with van der Waals surface area (Å²) in [5.74, 6) is 0. The van der Waals surface area contributed by atoms with Gasteiger partial charge < -0.3 is 0 Å². The first kappa shape index (κ1) is 11.8. The second-order valence-electron chi connectivity index (χ2n) is 3.51. The molecule has 0 nitrogen and oxygen atoms in total. The van der Waals surface area contributed by atoms with Crippen LogP contribution in [0.15, 0.2) is 60.7 Å². The Morgan fingerprint density at radius 2 is 1.47 bits per heavy atom. The average molecular weight is 251 g/mol. The summed E-state index contributed by atoms with van der Waals surface area (Å²) in [6, 6.07) is 15.0. The minimum atomic E-state index is -1.71. The van der Waals surface area contributed by atoms with Crippen molar-refractivity contribution in [2.45, 2.75) is 0 Å². The highest BCUT2D eigenvalue weighted by Gasteiger charge is 2.11. The Morgan fingerprint density at radius 3 is 2.06 bits per heavy atom. The van der Waals surface area contributed by atoms with Crippen molar-refractivity contribution in [2.75, 3.05) is 0 Å². The number of benzene rings is 2. The van der Waals surface area contributed by atoms with E-state index in [1.54, 1.807) is 48.5 Å². The van der Waals surface area contributed by atoms with Crippen molar-refractivity contribution in [3.8, 4) is 0 Å². The normalized spacial score (nSPS) is 10.1. The molecule has 2 aromatic carbocycles. The Kier molecular flexibility index (Phi) is 3.55. The van der Waals surface area contributed by atoms with Crippen LogP contribution in [0, 0.1) is 0 Å². The van der Waals surface area contributed by atoms with Gasteiger partial charge in [-0.1, -0.05) is 54.1 Å². The fraction of sp³-hybridized carbons (Fsp3) is 0. The van der Waals surface area contributed by atoms with Crippen molar-refractivity contribution in [3.05, 3.63) is 76.8 Å². The van der Waals surface area contributed by atoms with E-state index in [0.29, 0.717) is 16.1 Å². The maximum absolute atomic E-state index is 13.0. The molecule has 0 saturated heterocycles. The number of hydrogen-bond donors (Lipinski definition) is 0. The third-order valence-corrected chi connectivity index (χ3v) is 2.60. The molecule has 3 heteroatoms. The lowest BCUT2D eigenvalue weighted by Crippen LogP contribution is -1.89. The van der Waals surface area contributed by atoms with Gasteiger partial charge in [0.1, 0.15) is 0 Å². The SMILES string of the molecule is FC(F)=C(c1ccccc1)c1cccc(Cl)c1. The molecule has 0 radical (unpaired) electrons. The van der Waals surface area contributed by atoms with Crippen LogP contribution in [-0.4, -0.2) is 0 Å². The van der Waals surface area contributed by atoms with Crippen molar-refractivity contribution in [1.82, 2.24) is 0 Å². The van der Waals surface area contributed by atoms with E-state index >= 15 is 0 Å². The Bertz CT molecular complexity index is 543. The summed E-state index contributed by atoms with van der Waals surface area (Å²) >= 11 is 5.81. The Labute approximate surface area is 103 Å². The topological polar surface area (TPSA) is 0 Å². The van der Waals surface area contributed by atoms with Gasteiger partial charge in [-0.15, -0.1) is 0 Å². The van der Waals surface area contributed by atoms with Crippen molar-refractivity contribution >= 4 is 17.2 Å². The minimum absolute atomic E-state index is 0.0758. The van der Waals surface area contributed by atoms with Gasteiger partial charge in [0.25, 0.3) is 6.08 Å². The Morgan fingerprint density at radius 1 is 0.824 bits per heavy atom. The molecular weight excluding hydrogens is 242 g/mol. The van der Waals surface area contributed by atoms with E-state index in [9.17, 15) is 8.78 Å². The maximum atomic E-state index is 13.0. The Balaban J connectivity index is 2.56. The zero-order valence-corrected chi connectivity index (χ0v) is 9.59. The van der Waals surface area contributed by atoms with Crippen LogP contribution in [0.5, 0.6) is 0 Å². The van der Waals surface area contributed by atoms with E-state index in [0.717, 1.165) is 0 Å². The molecule has 0 aliphatic heterocycles. The van der Waals surface area contributed by atoms with Gasteiger partial charge in [0.05, 0.1) is 5.57 Å². The predicted octanol–water partition coefficient (Wildman–Crippen LogP) is 5.00. The predicted molar refractivity (Wildman–Crippen MR) is 66.1 cm³/mol. The van der Waals surface area contributed by atoms with Crippen molar-refractivity contribution in [2.24, 2.45) is 0 Å². The fourth-order valence-electron chi connectivity index (χ4n) is 1.63. The van der Waals surface area contributed by atoms with Crippen LogP contribution in [0.1, 0.15) is 11.1 Å². The summed E-state index contributed by atoms with van der Waals surface area (Å²) in [6.45, 7) is 0. The van der Waals surface area contributed by atoms with E-state index in [4.69, 9.17) is 11.6 Å². The van der Waals surface area contributed by atoms with Crippen molar-refractivity contribution in [3.63, 3.8) is 0 Å². The third kappa shape index (κ3) is 2.71. The van der Waals surface area contributed by atoms with Gasteiger partial charge in [0.15, 0.2) is 0 Å². The van der Waals surface area contributed by atoms with E-state index in [1.165, 1.54) is 6.07 Å². The van der Waals surface area contributed by atoms with Crippen molar-refractivity contribution in [1.29, 1.82) is 0 Å². The Hall–Kier alpha value is -1.67.